The summed E-state index contributed by atoms with van der Waals surface area (Å²) < 4.78 is 27.5. The van der Waals surface area contributed by atoms with Crippen LogP contribution in [-0.2, 0) is 16.0 Å². The van der Waals surface area contributed by atoms with Crippen molar-refractivity contribution in [2.24, 2.45) is 47.3 Å². The fourth-order valence-electron chi connectivity index (χ4n) is 11.4. The third kappa shape index (κ3) is 10.5. The Morgan fingerprint density at radius 1 is 0.619 bits per heavy atom. The molecule has 4 saturated carbocycles. The van der Waals surface area contributed by atoms with Gasteiger partial charge in [0.25, 0.3) is 0 Å². The number of pyridine rings is 4. The summed E-state index contributed by atoms with van der Waals surface area (Å²) in [6, 6.07) is 20.8. The number of fused-ring (bicyclic) bond motifs is 4. The molecule has 4 fully saturated rings. The van der Waals surface area contributed by atoms with Gasteiger partial charge in [-0.25, -0.2) is 18.7 Å². The summed E-state index contributed by atoms with van der Waals surface area (Å²) in [6.45, 7) is 4.05. The standard InChI is InChI=1S/C26H26ClFN2O.C20H21ClFNO.C5H5ClN2/c1-15(25(31)8-16-2-5-26(27)30-14-16)17-9-18-11-20(12-19(18)10-17)22-6-7-29-24-4-3-21(28)13-23(22)24;1-11(20(21)24)12-6-13-8-15(9-14(13)7-12)17-4-5-23-19-3-2-16(22)10-18(17)19;6-5-2-1-4(7)3-8-5/h2-7,13-15,17-20H,8-12H2,1H3;2-5,10-15H,6-9H2,1H3;1-3H,7H2/t15?,17?,18-,19+,20?;11?,12?,13-,14+,15?;. The Kier molecular flexibility index (Phi) is 14.1. The van der Waals surface area contributed by atoms with Crippen LogP contribution in [0.3, 0.4) is 0 Å². The molecule has 6 unspecified atom stereocenters. The van der Waals surface area contributed by atoms with Gasteiger partial charge < -0.3 is 5.73 Å². The Balaban J connectivity index is 0.000000150. The zero-order chi connectivity index (χ0) is 44.4. The topological polar surface area (TPSA) is 112 Å². The monoisotopic (exact) mass is 909 g/mol. The minimum atomic E-state index is -0.205. The van der Waals surface area contributed by atoms with Crippen LogP contribution >= 0.6 is 34.8 Å². The summed E-state index contributed by atoms with van der Waals surface area (Å²) >= 11 is 17.0. The van der Waals surface area contributed by atoms with Crippen molar-refractivity contribution in [2.75, 3.05) is 5.73 Å². The van der Waals surface area contributed by atoms with Gasteiger partial charge in [0.1, 0.15) is 27.7 Å². The maximum atomic E-state index is 13.9. The van der Waals surface area contributed by atoms with E-state index in [1.807, 2.05) is 25.4 Å². The normalized spacial score (nSPS) is 25.6. The van der Waals surface area contributed by atoms with Gasteiger partial charge >= 0.3 is 0 Å². The van der Waals surface area contributed by atoms with E-state index in [1.54, 1.807) is 48.7 Å². The van der Waals surface area contributed by atoms with E-state index in [0.29, 0.717) is 75.5 Å². The summed E-state index contributed by atoms with van der Waals surface area (Å²) in [5.41, 5.74) is 11.1. The number of nitrogens with zero attached hydrogens (tertiary/aromatic N) is 4. The number of carbonyl (C=O) groups excluding carboxylic acids is 2. The van der Waals surface area contributed by atoms with Crippen LogP contribution in [0.1, 0.15) is 93.7 Å². The Morgan fingerprint density at radius 2 is 1.08 bits per heavy atom. The molecule has 0 spiro atoms. The van der Waals surface area contributed by atoms with Crippen molar-refractivity contribution >= 4 is 73.3 Å². The van der Waals surface area contributed by atoms with Gasteiger partial charge in [0, 0.05) is 47.6 Å². The predicted octanol–water partition coefficient (Wildman–Crippen LogP) is 13.0. The molecule has 7 nitrogen and oxygen atoms in total. The average molecular weight is 911 g/mol. The second-order valence-electron chi connectivity index (χ2n) is 18.4. The smallest absolute Gasteiger partial charge is 0.224 e. The number of nitrogen functional groups attached to an aromatic ring is 1. The van der Waals surface area contributed by atoms with E-state index in [2.05, 4.69) is 39.0 Å². The largest absolute Gasteiger partial charge is 0.397 e. The highest BCUT2D eigenvalue weighted by Crippen LogP contribution is 2.56. The highest BCUT2D eigenvalue weighted by Gasteiger charge is 2.46. The molecule has 0 saturated heterocycles. The molecule has 12 heteroatoms. The SMILES string of the molecule is CC(C(=O)Cc1ccc(Cl)nc1)C1C[C@H]2CC(c3ccnc4ccc(F)cc34)C[C@H]2C1.CC(C(=O)Cl)C1C[C@H]2CC(c3ccnc4ccc(F)cc34)C[C@H]2C1.Nc1ccc(Cl)nc1. The fraction of sp³-hybridized carbons (Fsp3) is 0.412. The number of hydrogen-bond acceptors (Lipinski definition) is 7. The van der Waals surface area contributed by atoms with Gasteiger partial charge in [0.05, 0.1) is 22.9 Å². The second-order valence-corrected chi connectivity index (χ2v) is 19.5. The molecule has 63 heavy (non-hydrogen) atoms. The quantitative estimate of drug-likeness (QED) is 0.120. The van der Waals surface area contributed by atoms with Gasteiger partial charge in [-0.1, -0.05) is 43.1 Å². The summed E-state index contributed by atoms with van der Waals surface area (Å²) in [5.74, 6) is 4.34. The molecule has 0 amide bonds. The number of carbonyl (C=O) groups is 2. The van der Waals surface area contributed by atoms with Gasteiger partial charge in [-0.15, -0.1) is 0 Å². The Bertz CT molecular complexity index is 2530. The van der Waals surface area contributed by atoms with Crippen molar-refractivity contribution in [3.63, 3.8) is 0 Å². The summed E-state index contributed by atoms with van der Waals surface area (Å²) in [6.07, 6.45) is 16.2. The van der Waals surface area contributed by atoms with Crippen LogP contribution in [0.4, 0.5) is 14.5 Å². The van der Waals surface area contributed by atoms with Crippen molar-refractivity contribution in [2.45, 2.75) is 83.5 Å². The second kappa shape index (κ2) is 19.7. The van der Waals surface area contributed by atoms with Crippen molar-refractivity contribution in [3.05, 3.63) is 136 Å². The molecule has 0 aliphatic heterocycles. The number of Topliss-reactive ketones (excluding diaryl/α,β-unsaturated/α-hetero) is 1. The van der Waals surface area contributed by atoms with Crippen molar-refractivity contribution in [1.29, 1.82) is 0 Å². The van der Waals surface area contributed by atoms with Crippen LogP contribution in [-0.4, -0.2) is 31.0 Å². The maximum absolute atomic E-state index is 13.9. The van der Waals surface area contributed by atoms with Crippen LogP contribution in [0.2, 0.25) is 10.3 Å². The first kappa shape index (κ1) is 45.0. The third-order valence-corrected chi connectivity index (χ3v) is 15.4. The van der Waals surface area contributed by atoms with Gasteiger partial charge in [0.2, 0.25) is 5.24 Å². The average Bonchev–Trinajstić information content (AvgIpc) is 4.06. The van der Waals surface area contributed by atoms with Crippen molar-refractivity contribution in [3.8, 4) is 0 Å². The van der Waals surface area contributed by atoms with Crippen molar-refractivity contribution in [1.82, 2.24) is 19.9 Å². The van der Waals surface area contributed by atoms with Gasteiger partial charge in [-0.3, -0.25) is 19.6 Å². The number of halogens is 5. The molecule has 4 aromatic heterocycles. The van der Waals surface area contributed by atoms with E-state index in [4.69, 9.17) is 40.5 Å². The first-order chi connectivity index (χ1) is 30.3. The lowest BCUT2D eigenvalue weighted by molar-refractivity contribution is -0.123. The number of nitrogens with two attached hydrogens (primary N) is 1. The van der Waals surface area contributed by atoms with Gasteiger partial charge in [0.15, 0.2) is 0 Å². The lowest BCUT2D eigenvalue weighted by Crippen LogP contribution is -2.21. The Morgan fingerprint density at radius 3 is 1.49 bits per heavy atom. The van der Waals surface area contributed by atoms with Crippen molar-refractivity contribution < 1.29 is 18.4 Å². The molecule has 4 aliphatic rings. The number of aromatic nitrogens is 4. The first-order valence-corrected chi connectivity index (χ1v) is 23.2. The van der Waals surface area contributed by atoms with Gasteiger partial charge in [-0.05, 0) is 194 Å². The zero-order valence-corrected chi connectivity index (χ0v) is 37.7. The van der Waals surface area contributed by atoms with E-state index in [9.17, 15) is 18.4 Å². The molecule has 0 bridgehead atoms. The van der Waals surface area contributed by atoms with Crippen LogP contribution in [0.15, 0.2) is 97.6 Å². The molecular formula is C51H52Cl3F2N5O2. The zero-order valence-electron chi connectivity index (χ0n) is 35.4. The summed E-state index contributed by atoms with van der Waals surface area (Å²) in [7, 11) is 0. The molecule has 4 aliphatic carbocycles. The lowest BCUT2D eigenvalue weighted by atomic mass is 9.83. The molecule has 4 heterocycles. The highest BCUT2D eigenvalue weighted by molar-refractivity contribution is 6.63. The molecule has 2 N–H and O–H groups in total. The number of rotatable bonds is 8. The molecule has 10 atom stereocenters. The minimum absolute atomic E-state index is 0.0356. The molecule has 328 valence electrons. The van der Waals surface area contributed by atoms with E-state index in [0.717, 1.165) is 78.7 Å². The molecule has 0 radical (unpaired) electrons. The predicted molar refractivity (Wildman–Crippen MR) is 248 cm³/mol. The van der Waals surface area contributed by atoms with E-state index in [1.165, 1.54) is 29.5 Å². The van der Waals surface area contributed by atoms with Crippen LogP contribution < -0.4 is 5.73 Å². The molecule has 10 rings (SSSR count). The van der Waals surface area contributed by atoms with E-state index >= 15 is 0 Å². The highest BCUT2D eigenvalue weighted by atomic mass is 35.5. The van der Waals surface area contributed by atoms with E-state index in [-0.39, 0.29) is 28.7 Å². The molecule has 6 aromatic rings. The maximum Gasteiger partial charge on any atom is 0.224 e. The van der Waals surface area contributed by atoms with E-state index < -0.39 is 0 Å². The molecular weight excluding hydrogens is 859 g/mol. The van der Waals surface area contributed by atoms with Crippen LogP contribution in [0, 0.1) is 59.0 Å². The summed E-state index contributed by atoms with van der Waals surface area (Å²) in [4.78, 5) is 40.9. The fourth-order valence-corrected chi connectivity index (χ4v) is 11.8. The number of hydrogen-bond donors (Lipinski definition) is 1. The van der Waals surface area contributed by atoms with Crippen LogP contribution in [0.25, 0.3) is 21.8 Å². The summed E-state index contributed by atoms with van der Waals surface area (Å²) in [5, 5.41) is 2.62. The third-order valence-electron chi connectivity index (χ3n) is 14.7. The minimum Gasteiger partial charge on any atom is -0.397 e. The number of benzene rings is 2. The Hall–Kier alpha value is -4.57. The van der Waals surface area contributed by atoms with Crippen LogP contribution in [0.5, 0.6) is 0 Å². The molecule has 2 aromatic carbocycles. The Labute approximate surface area is 382 Å². The lowest BCUT2D eigenvalue weighted by Gasteiger charge is -2.21. The number of anilines is 1. The number of ketones is 1. The first-order valence-electron chi connectivity index (χ1n) is 22.1. The van der Waals surface area contributed by atoms with Gasteiger partial charge in [-0.2, -0.15) is 0 Å².